The number of anilines is 1. The van der Waals surface area contributed by atoms with Gasteiger partial charge in [-0.2, -0.15) is 0 Å². The number of ketones is 1. The predicted molar refractivity (Wildman–Crippen MR) is 164 cm³/mol. The first-order chi connectivity index (χ1) is 18.1. The SMILES string of the molecule is C/C=C(\C)CN1C(=O)/C(=C(/C)N(C)c2ccccc2S)SC1=Nc1cc(C(C)=O)ccc1OCC.C=CC. The summed E-state index contributed by atoms with van der Waals surface area (Å²) in [4.78, 5) is 35.5. The molecule has 3 rings (SSSR count). The van der Waals surface area contributed by atoms with Gasteiger partial charge in [-0.25, -0.2) is 4.99 Å². The minimum Gasteiger partial charge on any atom is -0.492 e. The maximum atomic E-state index is 13.6. The molecule has 0 aromatic heterocycles. The van der Waals surface area contributed by atoms with Gasteiger partial charge in [0.25, 0.3) is 5.91 Å². The van der Waals surface area contributed by atoms with Crippen molar-refractivity contribution in [3.05, 3.63) is 82.9 Å². The summed E-state index contributed by atoms with van der Waals surface area (Å²) in [7, 11) is 1.92. The topological polar surface area (TPSA) is 62.2 Å². The van der Waals surface area contributed by atoms with Gasteiger partial charge in [0.1, 0.15) is 11.4 Å². The maximum absolute atomic E-state index is 13.6. The van der Waals surface area contributed by atoms with Gasteiger partial charge in [0, 0.05) is 29.7 Å². The molecule has 1 fully saturated rings. The first kappa shape index (κ1) is 31.0. The van der Waals surface area contributed by atoms with E-state index in [0.29, 0.717) is 40.2 Å². The van der Waals surface area contributed by atoms with Crippen molar-refractivity contribution in [3.8, 4) is 5.75 Å². The molecule has 0 atom stereocenters. The maximum Gasteiger partial charge on any atom is 0.268 e. The van der Waals surface area contributed by atoms with Gasteiger partial charge >= 0.3 is 0 Å². The summed E-state index contributed by atoms with van der Waals surface area (Å²) in [5, 5.41) is 0.541. The van der Waals surface area contributed by atoms with Crippen molar-refractivity contribution >= 4 is 52.6 Å². The number of carbonyl (C=O) groups is 2. The van der Waals surface area contributed by atoms with E-state index in [4.69, 9.17) is 9.73 Å². The fourth-order valence-electron chi connectivity index (χ4n) is 3.48. The number of hydrogen-bond donors (Lipinski definition) is 1. The quantitative estimate of drug-likeness (QED) is 0.158. The van der Waals surface area contributed by atoms with Gasteiger partial charge in [0.15, 0.2) is 11.0 Å². The lowest BCUT2D eigenvalue weighted by Gasteiger charge is -2.23. The number of amides is 1. The zero-order chi connectivity index (χ0) is 28.4. The molecule has 0 N–H and O–H groups in total. The normalized spacial score (nSPS) is 15.7. The largest absolute Gasteiger partial charge is 0.492 e. The van der Waals surface area contributed by atoms with Gasteiger partial charge < -0.3 is 9.64 Å². The molecule has 1 aliphatic rings. The first-order valence-corrected chi connectivity index (χ1v) is 13.6. The number of rotatable bonds is 8. The van der Waals surface area contributed by atoms with Crippen LogP contribution in [0.2, 0.25) is 0 Å². The van der Waals surface area contributed by atoms with Crippen molar-refractivity contribution in [1.82, 2.24) is 4.90 Å². The smallest absolute Gasteiger partial charge is 0.268 e. The number of ether oxygens (including phenoxy) is 1. The molecule has 8 heteroatoms. The molecule has 38 heavy (non-hydrogen) atoms. The molecule has 0 spiro atoms. The fourth-order valence-corrected chi connectivity index (χ4v) is 4.85. The van der Waals surface area contributed by atoms with Gasteiger partial charge in [-0.3, -0.25) is 14.5 Å². The zero-order valence-corrected chi connectivity index (χ0v) is 25.0. The van der Waals surface area contributed by atoms with Gasteiger partial charge in [-0.15, -0.1) is 19.2 Å². The molecule has 2 aromatic carbocycles. The monoisotopic (exact) mass is 551 g/mol. The van der Waals surface area contributed by atoms with E-state index in [1.165, 1.54) is 18.7 Å². The number of Topliss-reactive ketones (excluding diaryl/α,β-unsaturated/α-hetero) is 1. The molecule has 1 saturated heterocycles. The third-order valence-electron chi connectivity index (χ3n) is 5.72. The second-order valence-electron chi connectivity index (χ2n) is 8.56. The summed E-state index contributed by atoms with van der Waals surface area (Å²) in [6, 6.07) is 12.9. The number of hydrogen-bond acceptors (Lipinski definition) is 7. The van der Waals surface area contributed by atoms with Gasteiger partial charge in [-0.1, -0.05) is 29.9 Å². The Labute approximate surface area is 236 Å². The van der Waals surface area contributed by atoms with E-state index < -0.39 is 0 Å². The second kappa shape index (κ2) is 14.6. The van der Waals surface area contributed by atoms with E-state index in [2.05, 4.69) is 19.2 Å². The lowest BCUT2D eigenvalue weighted by molar-refractivity contribution is -0.122. The van der Waals surface area contributed by atoms with Crippen molar-refractivity contribution in [1.29, 1.82) is 0 Å². The van der Waals surface area contributed by atoms with Crippen LogP contribution < -0.4 is 9.64 Å². The number of thioether (sulfide) groups is 1. The van der Waals surface area contributed by atoms with E-state index in [0.717, 1.165) is 21.9 Å². The number of allylic oxidation sites excluding steroid dienone is 3. The van der Waals surface area contributed by atoms with Crippen LogP contribution in [0.5, 0.6) is 5.75 Å². The average molecular weight is 552 g/mol. The van der Waals surface area contributed by atoms with E-state index in [1.54, 1.807) is 29.2 Å². The highest BCUT2D eigenvalue weighted by atomic mass is 32.2. The number of benzene rings is 2. The average Bonchev–Trinajstić information content (AvgIpc) is 3.19. The lowest BCUT2D eigenvalue weighted by Crippen LogP contribution is -2.31. The van der Waals surface area contributed by atoms with Crippen LogP contribution in [0, 0.1) is 0 Å². The van der Waals surface area contributed by atoms with Crippen LogP contribution >= 0.6 is 24.4 Å². The standard InChI is InChI=1S/C27H31N3O3S2.C3H6/c1-7-17(3)16-30-26(32)25(18(4)29(6)22-11-9-10-12-24(22)34)35-27(30)28-21-15-20(19(5)31)13-14-23(21)33-8-2;1-3-2/h7,9-15,34H,8,16H2,1-6H3;3H,1H2,2H3/b17-7+,25-18+,28-27?;. The number of aliphatic imine (C=N–C) groups is 1. The Morgan fingerprint density at radius 3 is 2.42 bits per heavy atom. The fraction of sp³-hybridized carbons (Fsp3) is 0.300. The lowest BCUT2D eigenvalue weighted by atomic mass is 10.1. The molecular weight excluding hydrogens is 514 g/mol. The summed E-state index contributed by atoms with van der Waals surface area (Å²) < 4.78 is 5.76. The molecule has 1 heterocycles. The van der Waals surface area contributed by atoms with Crippen LogP contribution in [0.15, 0.2) is 87.3 Å². The van der Waals surface area contributed by atoms with E-state index in [-0.39, 0.29) is 11.7 Å². The third kappa shape index (κ3) is 7.65. The number of thiol groups is 1. The van der Waals surface area contributed by atoms with Crippen molar-refractivity contribution in [2.75, 3.05) is 25.1 Å². The Balaban J connectivity index is 0.00000161. The second-order valence-corrected chi connectivity index (χ2v) is 10.0. The highest BCUT2D eigenvalue weighted by molar-refractivity contribution is 8.18. The van der Waals surface area contributed by atoms with Crippen molar-refractivity contribution in [3.63, 3.8) is 0 Å². The van der Waals surface area contributed by atoms with Gasteiger partial charge in [0.05, 0.1) is 17.2 Å². The highest BCUT2D eigenvalue weighted by Crippen LogP contribution is 2.39. The van der Waals surface area contributed by atoms with Crippen LogP contribution in [-0.2, 0) is 4.79 Å². The Hall–Kier alpha value is -3.23. The minimum absolute atomic E-state index is 0.0604. The van der Waals surface area contributed by atoms with Gasteiger partial charge in [-0.05, 0) is 83.6 Å². The molecule has 0 unspecified atom stereocenters. The summed E-state index contributed by atoms with van der Waals surface area (Å²) in [6.07, 6.45) is 3.73. The van der Waals surface area contributed by atoms with Gasteiger partial charge in [0.2, 0.25) is 0 Å². The Morgan fingerprint density at radius 2 is 1.84 bits per heavy atom. The molecule has 0 radical (unpaired) electrons. The molecule has 202 valence electrons. The molecule has 1 amide bonds. The number of para-hydroxylation sites is 1. The first-order valence-electron chi connectivity index (χ1n) is 12.4. The van der Waals surface area contributed by atoms with E-state index >= 15 is 0 Å². The zero-order valence-electron chi connectivity index (χ0n) is 23.2. The molecule has 2 aromatic rings. The molecule has 6 nitrogen and oxygen atoms in total. The molecular formula is C30H37N3O3S2. The molecule has 0 saturated carbocycles. The summed E-state index contributed by atoms with van der Waals surface area (Å²) in [5.74, 6) is 0.391. The van der Waals surface area contributed by atoms with Crippen LogP contribution in [0.25, 0.3) is 0 Å². The number of amidine groups is 1. The van der Waals surface area contributed by atoms with Crippen LogP contribution in [0.1, 0.15) is 51.9 Å². The Morgan fingerprint density at radius 1 is 1.18 bits per heavy atom. The van der Waals surface area contributed by atoms with Crippen LogP contribution in [-0.4, -0.2) is 42.0 Å². The summed E-state index contributed by atoms with van der Waals surface area (Å²) >= 11 is 5.90. The molecule has 0 bridgehead atoms. The number of carbonyl (C=O) groups excluding carboxylic acids is 2. The minimum atomic E-state index is -0.114. The van der Waals surface area contributed by atoms with Crippen molar-refractivity contribution < 1.29 is 14.3 Å². The van der Waals surface area contributed by atoms with E-state index in [1.807, 2.05) is 76.9 Å². The summed E-state index contributed by atoms with van der Waals surface area (Å²) in [6.45, 7) is 15.4. The Bertz CT molecular complexity index is 1280. The van der Waals surface area contributed by atoms with Crippen LogP contribution in [0.3, 0.4) is 0 Å². The molecule has 0 aliphatic carbocycles. The van der Waals surface area contributed by atoms with Crippen molar-refractivity contribution in [2.24, 2.45) is 4.99 Å². The third-order valence-corrected chi connectivity index (χ3v) is 7.27. The predicted octanol–water partition coefficient (Wildman–Crippen LogP) is 7.67. The van der Waals surface area contributed by atoms with Crippen LogP contribution in [0.4, 0.5) is 11.4 Å². The Kier molecular flexibility index (Phi) is 11.9. The van der Waals surface area contributed by atoms with E-state index in [9.17, 15) is 9.59 Å². The van der Waals surface area contributed by atoms with Crippen molar-refractivity contribution in [2.45, 2.75) is 46.4 Å². The number of nitrogens with zero attached hydrogens (tertiary/aromatic N) is 3. The summed E-state index contributed by atoms with van der Waals surface area (Å²) in [5.41, 5.74) is 3.81. The molecule has 1 aliphatic heterocycles. The highest BCUT2D eigenvalue weighted by Gasteiger charge is 2.36.